The molecule has 1 aromatic carbocycles. The van der Waals surface area contributed by atoms with Gasteiger partial charge in [0, 0.05) is 32.3 Å². The fourth-order valence-electron chi connectivity index (χ4n) is 2.52. The molecule has 0 aromatic heterocycles. The minimum absolute atomic E-state index is 0.0352. The van der Waals surface area contributed by atoms with Gasteiger partial charge in [0.05, 0.1) is 5.41 Å². The van der Waals surface area contributed by atoms with Gasteiger partial charge in [0.2, 0.25) is 5.91 Å². The van der Waals surface area contributed by atoms with E-state index in [4.69, 9.17) is 4.74 Å². The lowest BCUT2D eigenvalue weighted by Crippen LogP contribution is -2.41. The van der Waals surface area contributed by atoms with E-state index < -0.39 is 11.4 Å². The first-order valence-corrected chi connectivity index (χ1v) is 7.79. The van der Waals surface area contributed by atoms with Gasteiger partial charge in [-0.1, -0.05) is 12.5 Å². The average molecular weight is 334 g/mol. The number of carbonyl (C=O) groups is 3. The normalized spacial score (nSPS) is 15.1. The number of amides is 2. The number of carboxylic acids is 1. The van der Waals surface area contributed by atoms with Gasteiger partial charge in [0.25, 0.3) is 5.91 Å². The Morgan fingerprint density at radius 2 is 2.00 bits per heavy atom. The predicted octanol–water partition coefficient (Wildman–Crippen LogP) is 1.74. The standard InChI is InChI=1S/C17H22N2O5/c1-19(2)15(21)11-24-13-6-3-5-12(9-13)18-14(20)10-17(16(22)23)7-4-8-17/h3,5-6,9H,4,7-8,10-11H2,1-2H3,(H,18,20)(H,22,23). The molecule has 0 aliphatic heterocycles. The quantitative estimate of drug-likeness (QED) is 0.792. The SMILES string of the molecule is CN(C)C(=O)COc1cccc(NC(=O)CC2(C(=O)O)CCC2)c1. The Hall–Kier alpha value is -2.57. The topological polar surface area (TPSA) is 95.9 Å². The number of nitrogens with one attached hydrogen (secondary N) is 1. The highest BCUT2D eigenvalue weighted by Gasteiger charge is 2.45. The van der Waals surface area contributed by atoms with Crippen LogP contribution in [-0.4, -0.2) is 48.5 Å². The zero-order chi connectivity index (χ0) is 17.7. The van der Waals surface area contributed by atoms with Crippen LogP contribution in [0.5, 0.6) is 5.75 Å². The summed E-state index contributed by atoms with van der Waals surface area (Å²) in [6.07, 6.45) is 1.87. The van der Waals surface area contributed by atoms with Gasteiger partial charge >= 0.3 is 5.97 Å². The van der Waals surface area contributed by atoms with Crippen LogP contribution in [0.15, 0.2) is 24.3 Å². The third-order valence-electron chi connectivity index (χ3n) is 4.24. The highest BCUT2D eigenvalue weighted by atomic mass is 16.5. The van der Waals surface area contributed by atoms with Crippen LogP contribution in [0.2, 0.25) is 0 Å². The monoisotopic (exact) mass is 334 g/mol. The number of aliphatic carboxylic acids is 1. The molecule has 1 aliphatic rings. The van der Waals surface area contributed by atoms with Crippen LogP contribution in [0.4, 0.5) is 5.69 Å². The number of hydrogen-bond donors (Lipinski definition) is 2. The van der Waals surface area contributed by atoms with E-state index in [1.165, 1.54) is 4.90 Å². The Morgan fingerprint density at radius 3 is 2.54 bits per heavy atom. The molecule has 2 rings (SSSR count). The molecule has 24 heavy (non-hydrogen) atoms. The van der Waals surface area contributed by atoms with E-state index in [1.807, 2.05) is 0 Å². The van der Waals surface area contributed by atoms with Crippen molar-refractivity contribution in [3.63, 3.8) is 0 Å². The number of hydrogen-bond acceptors (Lipinski definition) is 4. The van der Waals surface area contributed by atoms with Crippen molar-refractivity contribution in [2.45, 2.75) is 25.7 Å². The summed E-state index contributed by atoms with van der Waals surface area (Å²) < 4.78 is 5.39. The second-order valence-corrected chi connectivity index (χ2v) is 6.27. The van der Waals surface area contributed by atoms with E-state index in [0.29, 0.717) is 24.3 Å². The molecule has 2 N–H and O–H groups in total. The van der Waals surface area contributed by atoms with Gasteiger partial charge in [-0.2, -0.15) is 0 Å². The molecule has 0 atom stereocenters. The second kappa shape index (κ2) is 7.33. The molecule has 1 aliphatic carbocycles. The van der Waals surface area contributed by atoms with E-state index in [-0.39, 0.29) is 24.8 Å². The van der Waals surface area contributed by atoms with Gasteiger partial charge in [-0.05, 0) is 25.0 Å². The van der Waals surface area contributed by atoms with Gasteiger partial charge in [-0.3, -0.25) is 14.4 Å². The van der Waals surface area contributed by atoms with Gasteiger partial charge in [0.1, 0.15) is 5.75 Å². The van der Waals surface area contributed by atoms with Gasteiger partial charge in [0.15, 0.2) is 6.61 Å². The molecule has 7 nitrogen and oxygen atoms in total. The lowest BCUT2D eigenvalue weighted by Gasteiger charge is -2.36. The summed E-state index contributed by atoms with van der Waals surface area (Å²) in [5.41, 5.74) is -0.411. The Balaban J connectivity index is 1.93. The highest BCUT2D eigenvalue weighted by molar-refractivity contribution is 5.94. The molecular weight excluding hydrogens is 312 g/mol. The van der Waals surface area contributed by atoms with Crippen molar-refractivity contribution in [1.29, 1.82) is 0 Å². The molecule has 2 amide bonds. The fourth-order valence-corrected chi connectivity index (χ4v) is 2.52. The van der Waals surface area contributed by atoms with Crippen LogP contribution in [0.3, 0.4) is 0 Å². The maximum Gasteiger partial charge on any atom is 0.310 e. The number of nitrogens with zero attached hydrogens (tertiary/aromatic N) is 1. The summed E-state index contributed by atoms with van der Waals surface area (Å²) in [7, 11) is 3.28. The summed E-state index contributed by atoms with van der Waals surface area (Å²) in [4.78, 5) is 36.4. The van der Waals surface area contributed by atoms with E-state index in [9.17, 15) is 19.5 Å². The van der Waals surface area contributed by atoms with E-state index >= 15 is 0 Å². The molecule has 0 heterocycles. The van der Waals surface area contributed by atoms with Crippen molar-refractivity contribution >= 4 is 23.5 Å². The minimum Gasteiger partial charge on any atom is -0.484 e. The maximum absolute atomic E-state index is 12.1. The molecule has 0 radical (unpaired) electrons. The van der Waals surface area contributed by atoms with Crippen molar-refractivity contribution in [3.05, 3.63) is 24.3 Å². The first kappa shape index (κ1) is 17.8. The van der Waals surface area contributed by atoms with Crippen LogP contribution in [0.1, 0.15) is 25.7 Å². The molecular formula is C17H22N2O5. The highest BCUT2D eigenvalue weighted by Crippen LogP contribution is 2.44. The molecule has 1 saturated carbocycles. The molecule has 0 unspecified atom stereocenters. The Kier molecular flexibility index (Phi) is 5.43. The number of likely N-dealkylation sites (N-methyl/N-ethyl adjacent to an activating group) is 1. The zero-order valence-electron chi connectivity index (χ0n) is 13.9. The Morgan fingerprint density at radius 1 is 1.29 bits per heavy atom. The van der Waals surface area contributed by atoms with Crippen molar-refractivity contribution in [2.75, 3.05) is 26.0 Å². The number of benzene rings is 1. The minimum atomic E-state index is -0.920. The second-order valence-electron chi connectivity index (χ2n) is 6.27. The van der Waals surface area contributed by atoms with Crippen molar-refractivity contribution in [2.24, 2.45) is 5.41 Å². The summed E-state index contributed by atoms with van der Waals surface area (Å²) in [6.45, 7) is -0.0907. The first-order chi connectivity index (χ1) is 11.3. The van der Waals surface area contributed by atoms with Crippen LogP contribution in [0, 0.1) is 5.41 Å². The summed E-state index contributed by atoms with van der Waals surface area (Å²) in [5.74, 6) is -0.959. The molecule has 0 saturated heterocycles. The van der Waals surface area contributed by atoms with Gasteiger partial charge < -0.3 is 20.1 Å². The largest absolute Gasteiger partial charge is 0.484 e. The van der Waals surface area contributed by atoms with E-state index in [2.05, 4.69) is 5.32 Å². The number of anilines is 1. The molecule has 130 valence electrons. The van der Waals surface area contributed by atoms with Gasteiger partial charge in [-0.15, -0.1) is 0 Å². The maximum atomic E-state index is 12.1. The lowest BCUT2D eigenvalue weighted by atomic mass is 9.66. The third-order valence-corrected chi connectivity index (χ3v) is 4.24. The first-order valence-electron chi connectivity index (χ1n) is 7.79. The van der Waals surface area contributed by atoms with Crippen molar-refractivity contribution in [3.8, 4) is 5.75 Å². The predicted molar refractivity (Wildman–Crippen MR) is 87.8 cm³/mol. The van der Waals surface area contributed by atoms with E-state index in [0.717, 1.165) is 6.42 Å². The number of rotatable bonds is 7. The molecule has 7 heteroatoms. The smallest absolute Gasteiger partial charge is 0.310 e. The molecule has 1 aromatic rings. The summed E-state index contributed by atoms with van der Waals surface area (Å²) in [5, 5.41) is 12.0. The lowest BCUT2D eigenvalue weighted by molar-refractivity contribution is -0.157. The Labute approximate surface area is 140 Å². The average Bonchev–Trinajstić information content (AvgIpc) is 2.48. The summed E-state index contributed by atoms with van der Waals surface area (Å²) >= 11 is 0. The molecule has 0 bridgehead atoms. The Bertz CT molecular complexity index is 638. The van der Waals surface area contributed by atoms with Crippen LogP contribution < -0.4 is 10.1 Å². The fraction of sp³-hybridized carbons (Fsp3) is 0.471. The van der Waals surface area contributed by atoms with Crippen LogP contribution in [0.25, 0.3) is 0 Å². The van der Waals surface area contributed by atoms with E-state index in [1.54, 1.807) is 38.4 Å². The number of ether oxygens (including phenoxy) is 1. The van der Waals surface area contributed by atoms with Crippen LogP contribution in [-0.2, 0) is 14.4 Å². The van der Waals surface area contributed by atoms with Gasteiger partial charge in [-0.25, -0.2) is 0 Å². The van der Waals surface area contributed by atoms with Crippen LogP contribution >= 0.6 is 0 Å². The summed E-state index contributed by atoms with van der Waals surface area (Å²) in [6, 6.07) is 6.67. The molecule has 1 fully saturated rings. The zero-order valence-corrected chi connectivity index (χ0v) is 13.9. The number of carboxylic acid groups (broad SMARTS) is 1. The number of carbonyl (C=O) groups excluding carboxylic acids is 2. The van der Waals surface area contributed by atoms with Crippen molar-refractivity contribution < 1.29 is 24.2 Å². The van der Waals surface area contributed by atoms with Crippen molar-refractivity contribution in [1.82, 2.24) is 4.90 Å². The molecule has 0 spiro atoms. The third kappa shape index (κ3) is 4.24.